The number of nitrogens with one attached hydrogen (secondary N) is 1. The average Bonchev–Trinajstić information content (AvgIpc) is 2.07. The Bertz CT molecular complexity index is 354. The zero-order valence-electron chi connectivity index (χ0n) is 8.17. The van der Waals surface area contributed by atoms with E-state index in [1.54, 1.807) is 0 Å². The van der Waals surface area contributed by atoms with Gasteiger partial charge in [-0.15, -0.1) is 0 Å². The number of hydrogen-bond acceptors (Lipinski definition) is 1. The van der Waals surface area contributed by atoms with Crippen molar-refractivity contribution in [1.29, 1.82) is 0 Å². The van der Waals surface area contributed by atoms with Crippen molar-refractivity contribution in [1.82, 2.24) is 5.32 Å². The number of halogens is 1. The van der Waals surface area contributed by atoms with Crippen LogP contribution in [-0.2, 0) is 4.79 Å². The Labute approximate surface area is 92.1 Å². The van der Waals surface area contributed by atoms with Crippen LogP contribution in [0.1, 0.15) is 19.4 Å². The fraction of sp³-hybridized carbons (Fsp3) is 0.182. The van der Waals surface area contributed by atoms with Crippen molar-refractivity contribution in [2.45, 2.75) is 13.8 Å². The number of hydrogen-bond donors (Lipinski definition) is 1. The molecule has 74 valence electrons. The Balaban J connectivity index is 2.76. The summed E-state index contributed by atoms with van der Waals surface area (Å²) in [5, 5.41) is 2.72. The highest BCUT2D eigenvalue weighted by molar-refractivity contribution is 9.10. The lowest BCUT2D eigenvalue weighted by Gasteiger charge is -2.01. The van der Waals surface area contributed by atoms with E-state index in [0.29, 0.717) is 0 Å². The molecule has 0 aliphatic heterocycles. The molecule has 3 heteroatoms. The van der Waals surface area contributed by atoms with Gasteiger partial charge in [-0.2, -0.15) is 0 Å². The number of carbonyl (C=O) groups excluding carboxylic acids is 1. The molecule has 14 heavy (non-hydrogen) atoms. The van der Waals surface area contributed by atoms with Crippen molar-refractivity contribution in [3.8, 4) is 0 Å². The van der Waals surface area contributed by atoms with Crippen LogP contribution in [0, 0.1) is 0 Å². The van der Waals surface area contributed by atoms with Gasteiger partial charge < -0.3 is 5.32 Å². The Kier molecular flexibility index (Phi) is 3.89. The largest absolute Gasteiger partial charge is 0.330 e. The summed E-state index contributed by atoms with van der Waals surface area (Å²) < 4.78 is 1.05. The van der Waals surface area contributed by atoms with Gasteiger partial charge in [-0.25, -0.2) is 0 Å². The molecule has 0 radical (unpaired) electrons. The van der Waals surface area contributed by atoms with Crippen molar-refractivity contribution >= 4 is 27.9 Å². The summed E-state index contributed by atoms with van der Waals surface area (Å²) in [4.78, 5) is 10.7. The Hall–Kier alpha value is -1.09. The van der Waals surface area contributed by atoms with Crippen molar-refractivity contribution in [3.05, 3.63) is 40.0 Å². The van der Waals surface area contributed by atoms with Crippen LogP contribution in [0.4, 0.5) is 0 Å². The number of allylic oxidation sites excluding steroid dienone is 1. The molecule has 0 saturated carbocycles. The first-order valence-corrected chi connectivity index (χ1v) is 5.08. The minimum atomic E-state index is -0.0455. The number of benzene rings is 1. The quantitative estimate of drug-likeness (QED) is 0.863. The van der Waals surface area contributed by atoms with E-state index < -0.39 is 0 Å². The van der Waals surface area contributed by atoms with Gasteiger partial charge in [0.25, 0.3) is 0 Å². The van der Waals surface area contributed by atoms with Gasteiger partial charge in [0, 0.05) is 17.1 Å². The summed E-state index contributed by atoms with van der Waals surface area (Å²) in [5.74, 6) is -0.0455. The second-order valence-corrected chi connectivity index (χ2v) is 3.98. The first kappa shape index (κ1) is 11.0. The summed E-state index contributed by atoms with van der Waals surface area (Å²) in [7, 11) is 0. The van der Waals surface area contributed by atoms with Gasteiger partial charge in [-0.3, -0.25) is 4.79 Å². The number of amides is 1. The van der Waals surface area contributed by atoms with E-state index in [2.05, 4.69) is 21.2 Å². The van der Waals surface area contributed by atoms with Gasteiger partial charge in [0.2, 0.25) is 5.91 Å². The molecule has 0 bridgehead atoms. The molecule has 0 aliphatic rings. The number of rotatable bonds is 2. The Morgan fingerprint density at radius 1 is 1.29 bits per heavy atom. The molecule has 0 spiro atoms. The highest BCUT2D eigenvalue weighted by Gasteiger charge is 1.93. The molecule has 0 saturated heterocycles. The van der Waals surface area contributed by atoms with Crippen LogP contribution in [0.15, 0.2) is 34.4 Å². The third-order valence-electron chi connectivity index (χ3n) is 1.63. The molecule has 0 aromatic heterocycles. The second-order valence-electron chi connectivity index (χ2n) is 3.06. The van der Waals surface area contributed by atoms with E-state index in [1.807, 2.05) is 37.3 Å². The monoisotopic (exact) mass is 253 g/mol. The standard InChI is InChI=1S/C11H12BrNO/c1-8(13-9(2)14)7-10-3-5-11(12)6-4-10/h3-7H,1-2H3,(H,13,14). The molecule has 1 N–H and O–H groups in total. The molecule has 0 fully saturated rings. The fourth-order valence-electron chi connectivity index (χ4n) is 1.12. The normalized spacial score (nSPS) is 11.2. The predicted octanol–water partition coefficient (Wildman–Crippen LogP) is 2.95. The lowest BCUT2D eigenvalue weighted by Crippen LogP contribution is -2.16. The molecular formula is C11H12BrNO. The predicted molar refractivity (Wildman–Crippen MR) is 61.6 cm³/mol. The zero-order valence-corrected chi connectivity index (χ0v) is 9.76. The lowest BCUT2D eigenvalue weighted by atomic mass is 10.2. The lowest BCUT2D eigenvalue weighted by molar-refractivity contribution is -0.118. The van der Waals surface area contributed by atoms with E-state index in [0.717, 1.165) is 15.7 Å². The van der Waals surface area contributed by atoms with Crippen molar-refractivity contribution in [3.63, 3.8) is 0 Å². The van der Waals surface area contributed by atoms with Crippen LogP contribution in [0.25, 0.3) is 6.08 Å². The molecule has 1 rings (SSSR count). The van der Waals surface area contributed by atoms with Crippen molar-refractivity contribution < 1.29 is 4.79 Å². The molecular weight excluding hydrogens is 242 g/mol. The molecule has 0 unspecified atom stereocenters. The summed E-state index contributed by atoms with van der Waals surface area (Å²) >= 11 is 3.36. The van der Waals surface area contributed by atoms with Gasteiger partial charge in [0.15, 0.2) is 0 Å². The van der Waals surface area contributed by atoms with Crippen LogP contribution < -0.4 is 5.32 Å². The molecule has 1 amide bonds. The Morgan fingerprint density at radius 3 is 2.36 bits per heavy atom. The van der Waals surface area contributed by atoms with Crippen molar-refractivity contribution in [2.24, 2.45) is 0 Å². The van der Waals surface area contributed by atoms with Crippen LogP contribution in [0.2, 0.25) is 0 Å². The maximum absolute atomic E-state index is 10.7. The van der Waals surface area contributed by atoms with Gasteiger partial charge >= 0.3 is 0 Å². The summed E-state index contributed by atoms with van der Waals surface area (Å²) in [6.45, 7) is 3.36. The average molecular weight is 254 g/mol. The van der Waals surface area contributed by atoms with E-state index in [-0.39, 0.29) is 5.91 Å². The maximum atomic E-state index is 10.7. The molecule has 1 aromatic rings. The van der Waals surface area contributed by atoms with Gasteiger partial charge in [-0.05, 0) is 30.7 Å². The van der Waals surface area contributed by atoms with Gasteiger partial charge in [-0.1, -0.05) is 28.1 Å². The van der Waals surface area contributed by atoms with E-state index in [1.165, 1.54) is 6.92 Å². The minimum Gasteiger partial charge on any atom is -0.330 e. The Morgan fingerprint density at radius 2 is 1.86 bits per heavy atom. The zero-order chi connectivity index (χ0) is 10.6. The number of carbonyl (C=O) groups is 1. The first-order valence-electron chi connectivity index (χ1n) is 4.29. The molecule has 2 nitrogen and oxygen atoms in total. The minimum absolute atomic E-state index is 0.0455. The summed E-state index contributed by atoms with van der Waals surface area (Å²) in [6.07, 6.45) is 1.92. The first-order chi connectivity index (χ1) is 6.58. The molecule has 1 aromatic carbocycles. The molecule has 0 heterocycles. The van der Waals surface area contributed by atoms with Crippen LogP contribution in [0.3, 0.4) is 0 Å². The van der Waals surface area contributed by atoms with E-state index in [9.17, 15) is 4.79 Å². The summed E-state index contributed by atoms with van der Waals surface area (Å²) in [6, 6.07) is 7.89. The van der Waals surface area contributed by atoms with Crippen LogP contribution in [0.5, 0.6) is 0 Å². The topological polar surface area (TPSA) is 29.1 Å². The highest BCUT2D eigenvalue weighted by atomic mass is 79.9. The fourth-order valence-corrected chi connectivity index (χ4v) is 1.39. The second kappa shape index (κ2) is 4.96. The SMILES string of the molecule is CC(=O)NC(C)=Cc1ccc(Br)cc1. The van der Waals surface area contributed by atoms with Gasteiger partial charge in [0.05, 0.1) is 0 Å². The maximum Gasteiger partial charge on any atom is 0.220 e. The molecule has 0 atom stereocenters. The van der Waals surface area contributed by atoms with Crippen LogP contribution in [-0.4, -0.2) is 5.91 Å². The van der Waals surface area contributed by atoms with Crippen molar-refractivity contribution in [2.75, 3.05) is 0 Å². The smallest absolute Gasteiger partial charge is 0.220 e. The summed E-state index contributed by atoms with van der Waals surface area (Å²) in [5.41, 5.74) is 1.92. The highest BCUT2D eigenvalue weighted by Crippen LogP contribution is 2.12. The third-order valence-corrected chi connectivity index (χ3v) is 2.16. The molecule has 0 aliphatic carbocycles. The van der Waals surface area contributed by atoms with Gasteiger partial charge in [0.1, 0.15) is 0 Å². The van der Waals surface area contributed by atoms with E-state index >= 15 is 0 Å². The van der Waals surface area contributed by atoms with E-state index in [4.69, 9.17) is 0 Å². The third kappa shape index (κ3) is 3.75. The van der Waals surface area contributed by atoms with Crippen LogP contribution >= 0.6 is 15.9 Å².